The SMILES string of the molecule is CC(C(=O)N1CCC(CN2CCOCC2)C1)C(N)c1ccccc1.Cl.Cl. The van der Waals surface area contributed by atoms with Crippen molar-refractivity contribution in [2.75, 3.05) is 45.9 Å². The predicted molar refractivity (Wildman–Crippen MR) is 109 cm³/mol. The number of nitrogens with two attached hydrogens (primary N) is 1. The summed E-state index contributed by atoms with van der Waals surface area (Å²) in [5.74, 6) is 0.581. The van der Waals surface area contributed by atoms with Crippen molar-refractivity contribution in [3.05, 3.63) is 35.9 Å². The lowest BCUT2D eigenvalue weighted by Gasteiger charge is -2.29. The summed E-state index contributed by atoms with van der Waals surface area (Å²) in [5, 5.41) is 0. The van der Waals surface area contributed by atoms with E-state index in [0.717, 1.165) is 57.9 Å². The summed E-state index contributed by atoms with van der Waals surface area (Å²) in [7, 11) is 0. The first kappa shape index (κ1) is 23.2. The van der Waals surface area contributed by atoms with Gasteiger partial charge in [0, 0.05) is 38.8 Å². The van der Waals surface area contributed by atoms with Crippen LogP contribution in [0, 0.1) is 11.8 Å². The van der Waals surface area contributed by atoms with E-state index in [0.29, 0.717) is 5.92 Å². The van der Waals surface area contributed by atoms with Gasteiger partial charge in [-0.1, -0.05) is 37.3 Å². The minimum atomic E-state index is -0.239. The summed E-state index contributed by atoms with van der Waals surface area (Å²) < 4.78 is 5.40. The zero-order chi connectivity index (χ0) is 16.9. The summed E-state index contributed by atoms with van der Waals surface area (Å²) >= 11 is 0. The van der Waals surface area contributed by atoms with Gasteiger partial charge >= 0.3 is 0 Å². The van der Waals surface area contributed by atoms with Crippen molar-refractivity contribution in [3.8, 4) is 0 Å². The molecular weight excluding hydrogens is 373 g/mol. The van der Waals surface area contributed by atoms with Crippen molar-refractivity contribution in [1.29, 1.82) is 0 Å². The second-order valence-corrected chi connectivity index (χ2v) is 7.08. The van der Waals surface area contributed by atoms with Crippen molar-refractivity contribution in [3.63, 3.8) is 0 Å². The lowest BCUT2D eigenvalue weighted by Crippen LogP contribution is -2.41. The highest BCUT2D eigenvalue weighted by Crippen LogP contribution is 2.25. The van der Waals surface area contributed by atoms with Crippen LogP contribution in [-0.4, -0.2) is 61.6 Å². The molecule has 2 aliphatic rings. The summed E-state index contributed by atoms with van der Waals surface area (Å²) in [6.07, 6.45) is 1.09. The highest BCUT2D eigenvalue weighted by molar-refractivity contribution is 5.85. The molecule has 0 saturated carbocycles. The van der Waals surface area contributed by atoms with E-state index in [1.165, 1.54) is 0 Å². The fourth-order valence-electron chi connectivity index (χ4n) is 3.74. The number of hydrogen-bond donors (Lipinski definition) is 1. The third-order valence-corrected chi connectivity index (χ3v) is 5.33. The number of carbonyl (C=O) groups is 1. The molecule has 5 nitrogen and oxygen atoms in total. The molecule has 1 aromatic rings. The number of benzene rings is 1. The normalized spacial score (nSPS) is 22.8. The molecule has 0 radical (unpaired) electrons. The molecule has 3 unspecified atom stereocenters. The van der Waals surface area contributed by atoms with Gasteiger partial charge in [0.2, 0.25) is 5.91 Å². The van der Waals surface area contributed by atoms with Crippen LogP contribution in [-0.2, 0) is 9.53 Å². The van der Waals surface area contributed by atoms with Crippen molar-refractivity contribution >= 4 is 30.7 Å². The summed E-state index contributed by atoms with van der Waals surface area (Å²) in [4.78, 5) is 17.3. The third kappa shape index (κ3) is 5.83. The van der Waals surface area contributed by atoms with Gasteiger partial charge in [-0.15, -0.1) is 24.8 Å². The topological polar surface area (TPSA) is 58.8 Å². The van der Waals surface area contributed by atoms with E-state index in [1.807, 2.05) is 42.2 Å². The van der Waals surface area contributed by atoms with Gasteiger partial charge in [0.15, 0.2) is 0 Å². The minimum Gasteiger partial charge on any atom is -0.379 e. The molecule has 3 rings (SSSR count). The highest BCUT2D eigenvalue weighted by Gasteiger charge is 2.32. The summed E-state index contributed by atoms with van der Waals surface area (Å²) in [5.41, 5.74) is 7.35. The molecule has 0 bridgehead atoms. The lowest BCUT2D eigenvalue weighted by molar-refractivity contribution is -0.134. The van der Waals surface area contributed by atoms with Gasteiger partial charge in [-0.05, 0) is 17.9 Å². The molecular formula is C19H31Cl2N3O2. The Morgan fingerprint density at radius 1 is 1.19 bits per heavy atom. The molecule has 7 heteroatoms. The number of rotatable bonds is 5. The van der Waals surface area contributed by atoms with Crippen LogP contribution in [0.4, 0.5) is 0 Å². The van der Waals surface area contributed by atoms with Crippen molar-refractivity contribution in [2.24, 2.45) is 17.6 Å². The molecule has 2 fully saturated rings. The maximum atomic E-state index is 12.8. The molecule has 2 aliphatic heterocycles. The molecule has 2 N–H and O–H groups in total. The molecule has 0 aromatic heterocycles. The number of morpholine rings is 1. The quantitative estimate of drug-likeness (QED) is 0.819. The van der Waals surface area contributed by atoms with Crippen LogP contribution in [0.25, 0.3) is 0 Å². The number of hydrogen-bond acceptors (Lipinski definition) is 4. The number of likely N-dealkylation sites (tertiary alicyclic amines) is 1. The number of amides is 1. The van der Waals surface area contributed by atoms with Crippen molar-refractivity contribution in [1.82, 2.24) is 9.80 Å². The molecule has 1 aromatic carbocycles. The second-order valence-electron chi connectivity index (χ2n) is 7.08. The Morgan fingerprint density at radius 3 is 2.50 bits per heavy atom. The van der Waals surface area contributed by atoms with E-state index in [1.54, 1.807) is 0 Å². The van der Waals surface area contributed by atoms with Crippen molar-refractivity contribution < 1.29 is 9.53 Å². The number of halogens is 2. The van der Waals surface area contributed by atoms with Gasteiger partial charge in [-0.25, -0.2) is 0 Å². The van der Waals surface area contributed by atoms with Crippen LogP contribution in [0.2, 0.25) is 0 Å². The maximum Gasteiger partial charge on any atom is 0.227 e. The van der Waals surface area contributed by atoms with E-state index in [4.69, 9.17) is 10.5 Å². The first-order chi connectivity index (χ1) is 11.6. The zero-order valence-corrected chi connectivity index (χ0v) is 17.0. The Hall–Kier alpha value is -0.850. The molecule has 0 spiro atoms. The van der Waals surface area contributed by atoms with E-state index in [-0.39, 0.29) is 42.7 Å². The highest BCUT2D eigenvalue weighted by atomic mass is 35.5. The Kier molecular flexibility index (Phi) is 9.90. The fraction of sp³-hybridized carbons (Fsp3) is 0.632. The van der Waals surface area contributed by atoms with Crippen LogP contribution in [0.5, 0.6) is 0 Å². The molecule has 3 atom stereocenters. The first-order valence-electron chi connectivity index (χ1n) is 9.04. The number of ether oxygens (including phenoxy) is 1. The van der Waals surface area contributed by atoms with E-state index >= 15 is 0 Å². The molecule has 148 valence electrons. The fourth-order valence-corrected chi connectivity index (χ4v) is 3.74. The molecule has 2 saturated heterocycles. The standard InChI is InChI=1S/C19H29N3O2.2ClH/c1-15(18(20)17-5-3-2-4-6-17)19(23)22-8-7-16(14-22)13-21-9-11-24-12-10-21;;/h2-6,15-16,18H,7-14,20H2,1H3;2*1H. The Bertz CT molecular complexity index is 541. The average Bonchev–Trinajstić information content (AvgIpc) is 3.10. The second kappa shape index (κ2) is 11.1. The van der Waals surface area contributed by atoms with Crippen LogP contribution in [0.3, 0.4) is 0 Å². The summed E-state index contributed by atoms with van der Waals surface area (Å²) in [6, 6.07) is 9.68. The van der Waals surface area contributed by atoms with Crippen LogP contribution in [0.1, 0.15) is 24.9 Å². The van der Waals surface area contributed by atoms with Gasteiger partial charge in [-0.3, -0.25) is 9.69 Å². The van der Waals surface area contributed by atoms with Gasteiger partial charge < -0.3 is 15.4 Å². The molecule has 1 amide bonds. The first-order valence-corrected chi connectivity index (χ1v) is 9.04. The van der Waals surface area contributed by atoms with E-state index in [2.05, 4.69) is 4.90 Å². The number of nitrogens with zero attached hydrogens (tertiary/aromatic N) is 2. The molecule has 2 heterocycles. The van der Waals surface area contributed by atoms with Gasteiger partial charge in [0.05, 0.1) is 19.1 Å². The van der Waals surface area contributed by atoms with Gasteiger partial charge in [0.25, 0.3) is 0 Å². The summed E-state index contributed by atoms with van der Waals surface area (Å²) in [6.45, 7) is 8.44. The van der Waals surface area contributed by atoms with Crippen LogP contribution < -0.4 is 5.73 Å². The van der Waals surface area contributed by atoms with Gasteiger partial charge in [0.1, 0.15) is 0 Å². The number of carbonyl (C=O) groups excluding carboxylic acids is 1. The largest absolute Gasteiger partial charge is 0.379 e. The molecule has 26 heavy (non-hydrogen) atoms. The average molecular weight is 404 g/mol. The molecule has 0 aliphatic carbocycles. The van der Waals surface area contributed by atoms with E-state index < -0.39 is 0 Å². The maximum absolute atomic E-state index is 12.8. The Balaban J connectivity index is 0.00000169. The monoisotopic (exact) mass is 403 g/mol. The van der Waals surface area contributed by atoms with E-state index in [9.17, 15) is 4.79 Å². The van der Waals surface area contributed by atoms with Gasteiger partial charge in [-0.2, -0.15) is 0 Å². The smallest absolute Gasteiger partial charge is 0.227 e. The third-order valence-electron chi connectivity index (χ3n) is 5.33. The Morgan fingerprint density at radius 2 is 1.85 bits per heavy atom. The predicted octanol–water partition coefficient (Wildman–Crippen LogP) is 2.35. The Labute approximate surface area is 169 Å². The minimum absolute atomic E-state index is 0. The van der Waals surface area contributed by atoms with Crippen LogP contribution >= 0.6 is 24.8 Å². The van der Waals surface area contributed by atoms with Crippen molar-refractivity contribution in [2.45, 2.75) is 19.4 Å². The lowest BCUT2D eigenvalue weighted by atomic mass is 9.94. The zero-order valence-electron chi connectivity index (χ0n) is 15.4. The van der Waals surface area contributed by atoms with Crippen LogP contribution in [0.15, 0.2) is 30.3 Å².